The number of amides is 8. The largest absolute Gasteiger partial charge is 0.480 e. The molecular weight excluding hydrogens is 871 g/mol. The molecule has 1 fully saturated rings. The van der Waals surface area contributed by atoms with Crippen LogP contribution in [0.2, 0.25) is 0 Å². The molecule has 25 heteroatoms. The molecular formula is C40H73N13O11S. The number of carbonyl (C=O) groups is 9. The van der Waals surface area contributed by atoms with Crippen LogP contribution in [-0.4, -0.2) is 168 Å². The van der Waals surface area contributed by atoms with E-state index in [1.165, 1.54) is 16.7 Å². The van der Waals surface area contributed by atoms with E-state index in [1.54, 1.807) is 27.7 Å². The summed E-state index contributed by atoms with van der Waals surface area (Å²) in [6.45, 7) is 5.45. The Morgan fingerprint density at radius 3 is 1.98 bits per heavy atom. The fraction of sp³-hybridized carbons (Fsp3) is 0.750. The van der Waals surface area contributed by atoms with Gasteiger partial charge in [0.25, 0.3) is 0 Å². The minimum absolute atomic E-state index is 0.0337. The number of nitrogens with zero attached hydrogens (tertiary/aromatic N) is 2. The summed E-state index contributed by atoms with van der Waals surface area (Å²) in [5.41, 5.74) is 22.3. The van der Waals surface area contributed by atoms with E-state index < -0.39 is 121 Å². The second-order valence-corrected chi connectivity index (χ2v) is 17.2. The van der Waals surface area contributed by atoms with E-state index in [4.69, 9.17) is 22.9 Å². The van der Waals surface area contributed by atoms with Gasteiger partial charge in [-0.3, -0.25) is 43.3 Å². The number of carboxylic acids is 1. The molecule has 0 aliphatic carbocycles. The molecule has 8 amide bonds. The molecule has 1 aliphatic rings. The quantitative estimate of drug-likeness (QED) is 0.0178. The van der Waals surface area contributed by atoms with Crippen LogP contribution in [0.25, 0.3) is 0 Å². The van der Waals surface area contributed by atoms with Crippen molar-refractivity contribution < 1.29 is 53.4 Å². The highest BCUT2D eigenvalue weighted by Gasteiger charge is 2.37. The lowest BCUT2D eigenvalue weighted by Gasteiger charge is -2.29. The van der Waals surface area contributed by atoms with Crippen molar-refractivity contribution in [1.29, 1.82) is 0 Å². The number of nitrogens with two attached hydrogens (primary N) is 4. The van der Waals surface area contributed by atoms with Gasteiger partial charge in [0.05, 0.1) is 25.7 Å². The van der Waals surface area contributed by atoms with Gasteiger partial charge in [-0.25, -0.2) is 4.79 Å². The Morgan fingerprint density at radius 2 is 1.40 bits per heavy atom. The maximum atomic E-state index is 13.8. The highest BCUT2D eigenvalue weighted by Crippen LogP contribution is 2.18. The third-order valence-corrected chi connectivity index (χ3v) is 11.3. The van der Waals surface area contributed by atoms with Crippen LogP contribution in [0, 0.1) is 11.8 Å². The van der Waals surface area contributed by atoms with Gasteiger partial charge in [-0.15, -0.1) is 0 Å². The van der Waals surface area contributed by atoms with Gasteiger partial charge in [0, 0.05) is 13.1 Å². The van der Waals surface area contributed by atoms with E-state index in [9.17, 15) is 53.4 Å². The predicted molar refractivity (Wildman–Crippen MR) is 243 cm³/mol. The van der Waals surface area contributed by atoms with E-state index in [2.05, 4.69) is 42.2 Å². The second kappa shape index (κ2) is 30.8. The Balaban J connectivity index is 2.92. The summed E-state index contributed by atoms with van der Waals surface area (Å²) in [4.78, 5) is 122. The van der Waals surface area contributed by atoms with Crippen LogP contribution < -0.4 is 60.2 Å². The molecule has 0 aromatic heterocycles. The summed E-state index contributed by atoms with van der Waals surface area (Å²) in [6.07, 6.45) is 4.81. The molecule has 370 valence electrons. The number of guanidine groups is 1. The SMILES string of the molecule is CC[C@H](C)[C@H](NC(=O)[C@H](CCCCN)NC(=O)[C@@H](NC(=O)[C@@H](N)CCSC)C(C)C)C(=O)N[C@@H](CO)C(=O)NCC(=O)NCC(=O)N1CCC[C@H]1C(=O)N[C@@H](CCCN=C(N)N)C(=O)O. The maximum absolute atomic E-state index is 13.8. The molecule has 8 atom stereocenters. The smallest absolute Gasteiger partial charge is 0.326 e. The first-order valence-electron chi connectivity index (χ1n) is 21.9. The van der Waals surface area contributed by atoms with Crippen molar-refractivity contribution in [2.75, 3.05) is 51.3 Å². The summed E-state index contributed by atoms with van der Waals surface area (Å²) < 4.78 is 0. The number of rotatable bonds is 31. The third-order valence-electron chi connectivity index (χ3n) is 10.7. The molecule has 1 heterocycles. The van der Waals surface area contributed by atoms with Crippen molar-refractivity contribution in [1.82, 2.24) is 42.1 Å². The van der Waals surface area contributed by atoms with Crippen LogP contribution in [-0.2, 0) is 43.2 Å². The van der Waals surface area contributed by atoms with E-state index in [0.29, 0.717) is 44.4 Å². The highest BCUT2D eigenvalue weighted by molar-refractivity contribution is 7.98. The molecule has 0 bridgehead atoms. The van der Waals surface area contributed by atoms with E-state index >= 15 is 0 Å². The Bertz CT molecular complexity index is 1640. The van der Waals surface area contributed by atoms with E-state index in [-0.39, 0.29) is 50.7 Å². The zero-order chi connectivity index (χ0) is 49.2. The number of thioether (sulfide) groups is 1. The third kappa shape index (κ3) is 21.1. The molecule has 17 N–H and O–H groups in total. The van der Waals surface area contributed by atoms with Crippen LogP contribution >= 0.6 is 11.8 Å². The molecule has 24 nitrogen and oxygen atoms in total. The zero-order valence-electron chi connectivity index (χ0n) is 38.2. The van der Waals surface area contributed by atoms with Gasteiger partial charge in [-0.2, -0.15) is 11.8 Å². The molecule has 1 rings (SSSR count). The van der Waals surface area contributed by atoms with Crippen LogP contribution in [0.3, 0.4) is 0 Å². The highest BCUT2D eigenvalue weighted by atomic mass is 32.2. The molecule has 0 spiro atoms. The molecule has 0 aromatic rings. The lowest BCUT2D eigenvalue weighted by atomic mass is 9.96. The number of aliphatic carboxylic acids is 1. The first kappa shape index (κ1) is 57.7. The Hall–Kier alpha value is -5.27. The Morgan fingerprint density at radius 1 is 0.769 bits per heavy atom. The average molecular weight is 944 g/mol. The summed E-state index contributed by atoms with van der Waals surface area (Å²) in [5, 5.41) is 37.2. The Kier molecular flexibility index (Phi) is 27.4. The minimum Gasteiger partial charge on any atom is -0.480 e. The molecule has 1 saturated heterocycles. The second-order valence-electron chi connectivity index (χ2n) is 16.2. The predicted octanol–water partition coefficient (Wildman–Crippen LogP) is -4.32. The number of carbonyl (C=O) groups excluding carboxylic acids is 8. The average Bonchev–Trinajstić information content (AvgIpc) is 3.77. The summed E-state index contributed by atoms with van der Waals surface area (Å²) in [5.74, 6) is -7.42. The number of nitrogens with one attached hydrogen (secondary N) is 7. The van der Waals surface area contributed by atoms with Gasteiger partial charge in [0.1, 0.15) is 36.3 Å². The molecule has 65 heavy (non-hydrogen) atoms. The van der Waals surface area contributed by atoms with Crippen LogP contribution in [0.15, 0.2) is 4.99 Å². The number of likely N-dealkylation sites (tertiary alicyclic amines) is 1. The lowest BCUT2D eigenvalue weighted by molar-refractivity contribution is -0.144. The number of aliphatic imine (C=N–C) groups is 1. The fourth-order valence-electron chi connectivity index (χ4n) is 6.60. The number of aliphatic hydroxyl groups excluding tert-OH is 1. The van der Waals surface area contributed by atoms with Crippen molar-refractivity contribution in [2.45, 2.75) is 128 Å². The van der Waals surface area contributed by atoms with Gasteiger partial charge < -0.3 is 75.3 Å². The van der Waals surface area contributed by atoms with Crippen molar-refractivity contribution >= 4 is 70.9 Å². The van der Waals surface area contributed by atoms with E-state index in [0.717, 1.165) is 0 Å². The first-order valence-corrected chi connectivity index (χ1v) is 23.3. The lowest BCUT2D eigenvalue weighted by Crippen LogP contribution is -2.61. The van der Waals surface area contributed by atoms with Gasteiger partial charge in [-0.1, -0.05) is 34.1 Å². The standard InChI is InChI=1S/C40H73N13O11S/c1-6-23(4)32(52-35(59)25(11-7-8-15-41)48-37(61)31(22(2)3)51-33(57)24(42)14-18-65-5)38(62)50-27(21-54)34(58)47-19-29(55)46-20-30(56)53-17-10-13-28(53)36(60)49-26(39(63)64)12-9-16-45-40(43)44/h22-28,31-32,54H,6-21,41-42H2,1-5H3,(H,46,55)(H,47,58)(H,48,61)(H,49,60)(H,50,62)(H,51,57)(H,52,59)(H,63,64)(H4,43,44,45)/t23-,24-,25-,26-,27-,28-,31-,32-/m0/s1. The molecule has 1 aliphatic heterocycles. The van der Waals surface area contributed by atoms with Crippen LogP contribution in [0.4, 0.5) is 0 Å². The molecule has 0 saturated carbocycles. The zero-order valence-corrected chi connectivity index (χ0v) is 39.0. The number of carboxylic acid groups (broad SMARTS) is 1. The molecule has 0 aromatic carbocycles. The molecule has 0 radical (unpaired) electrons. The van der Waals surface area contributed by atoms with Crippen molar-refractivity contribution in [3.63, 3.8) is 0 Å². The summed E-state index contributed by atoms with van der Waals surface area (Å²) in [6, 6.07) is -8.04. The van der Waals surface area contributed by atoms with Crippen molar-refractivity contribution in [2.24, 2.45) is 39.8 Å². The molecule has 0 unspecified atom stereocenters. The number of unbranched alkanes of at least 4 members (excludes halogenated alkanes) is 1. The van der Waals surface area contributed by atoms with E-state index in [1.807, 2.05) is 6.26 Å². The van der Waals surface area contributed by atoms with Crippen LogP contribution in [0.1, 0.15) is 85.5 Å². The maximum Gasteiger partial charge on any atom is 0.326 e. The number of hydrogen-bond acceptors (Lipinski definition) is 14. The minimum atomic E-state index is -1.57. The van der Waals surface area contributed by atoms with Crippen LogP contribution in [0.5, 0.6) is 0 Å². The fourth-order valence-corrected chi connectivity index (χ4v) is 7.09. The number of aliphatic hydroxyl groups is 1. The summed E-state index contributed by atoms with van der Waals surface area (Å²) >= 11 is 1.53. The monoisotopic (exact) mass is 944 g/mol. The number of hydrogen-bond donors (Lipinski definition) is 13. The summed E-state index contributed by atoms with van der Waals surface area (Å²) in [7, 11) is 0. The Labute approximate surface area is 384 Å². The van der Waals surface area contributed by atoms with Gasteiger partial charge in [0.15, 0.2) is 5.96 Å². The normalized spacial score (nSPS) is 16.6. The topological polar surface area (TPSA) is 398 Å². The van der Waals surface area contributed by atoms with Gasteiger partial charge >= 0.3 is 5.97 Å². The first-order chi connectivity index (χ1) is 30.7. The van der Waals surface area contributed by atoms with Crippen molar-refractivity contribution in [3.05, 3.63) is 0 Å². The van der Waals surface area contributed by atoms with Gasteiger partial charge in [0.2, 0.25) is 47.3 Å². The van der Waals surface area contributed by atoms with Gasteiger partial charge in [-0.05, 0) is 81.8 Å². The van der Waals surface area contributed by atoms with Crippen molar-refractivity contribution in [3.8, 4) is 0 Å².